The summed E-state index contributed by atoms with van der Waals surface area (Å²) in [6, 6.07) is 19.7. The third kappa shape index (κ3) is 5.90. The van der Waals surface area contributed by atoms with Gasteiger partial charge in [0.1, 0.15) is 17.6 Å². The number of hydrogen-bond donors (Lipinski definition) is 1. The average molecular weight is 701 g/mol. The molecular weight excluding hydrogens is 659 g/mol. The summed E-state index contributed by atoms with van der Waals surface area (Å²) in [5, 5.41) is 16.3. The molecule has 4 aliphatic rings. The van der Waals surface area contributed by atoms with Crippen LogP contribution < -0.4 is 15.1 Å². The molecule has 8 rings (SSSR count). The van der Waals surface area contributed by atoms with Crippen LogP contribution in [0.1, 0.15) is 77.0 Å². The maximum atomic E-state index is 15.7. The van der Waals surface area contributed by atoms with Gasteiger partial charge in [-0.1, -0.05) is 29.4 Å². The molecule has 3 fully saturated rings. The Kier molecular flexibility index (Phi) is 8.36. The van der Waals surface area contributed by atoms with Crippen LogP contribution in [0.5, 0.6) is 0 Å². The van der Waals surface area contributed by atoms with Crippen LogP contribution in [0.25, 0.3) is 11.1 Å². The van der Waals surface area contributed by atoms with Gasteiger partial charge in [0.05, 0.1) is 22.9 Å². The summed E-state index contributed by atoms with van der Waals surface area (Å²) in [7, 11) is 0. The zero-order valence-electron chi connectivity index (χ0n) is 29.7. The Morgan fingerprint density at radius 1 is 1.02 bits per heavy atom. The quantitative estimate of drug-likeness (QED) is 0.200. The first-order chi connectivity index (χ1) is 25.0. The summed E-state index contributed by atoms with van der Waals surface area (Å²) in [5.74, 6) is -0.441. The number of nitrogens with zero attached hydrogens (tertiary/aromatic N) is 5. The lowest BCUT2D eigenvalue weighted by Crippen LogP contribution is -2.52. The lowest BCUT2D eigenvalue weighted by atomic mass is 9.93. The van der Waals surface area contributed by atoms with Gasteiger partial charge in [0.25, 0.3) is 5.91 Å². The number of aryl methyl sites for hydroxylation is 3. The van der Waals surface area contributed by atoms with Crippen molar-refractivity contribution in [1.29, 1.82) is 5.26 Å². The third-order valence-corrected chi connectivity index (χ3v) is 11.5. The maximum Gasteiger partial charge on any atom is 0.255 e. The fourth-order valence-electron chi connectivity index (χ4n) is 8.28. The van der Waals surface area contributed by atoms with E-state index in [4.69, 9.17) is 4.52 Å². The molecule has 0 radical (unpaired) electrons. The Morgan fingerprint density at radius 3 is 2.42 bits per heavy atom. The zero-order valence-corrected chi connectivity index (χ0v) is 29.7. The number of anilines is 3. The Balaban J connectivity index is 1.03. The van der Waals surface area contributed by atoms with E-state index in [-0.39, 0.29) is 42.4 Å². The van der Waals surface area contributed by atoms with E-state index in [1.807, 2.05) is 18.7 Å². The minimum atomic E-state index is -0.742. The van der Waals surface area contributed by atoms with E-state index < -0.39 is 11.9 Å². The normalized spacial score (nSPS) is 19.8. The van der Waals surface area contributed by atoms with Crippen molar-refractivity contribution < 1.29 is 23.3 Å². The molecule has 52 heavy (non-hydrogen) atoms. The lowest BCUT2D eigenvalue weighted by Gasteiger charge is -2.37. The molecule has 11 heteroatoms. The van der Waals surface area contributed by atoms with Crippen LogP contribution in [0.4, 0.5) is 21.5 Å². The monoisotopic (exact) mass is 700 g/mol. The van der Waals surface area contributed by atoms with Crippen LogP contribution in [0.2, 0.25) is 0 Å². The molecule has 3 aromatic carbocycles. The van der Waals surface area contributed by atoms with Crippen LogP contribution in [-0.4, -0.2) is 53.5 Å². The molecule has 266 valence electrons. The van der Waals surface area contributed by atoms with Gasteiger partial charge in [-0.15, -0.1) is 0 Å². The van der Waals surface area contributed by atoms with Gasteiger partial charge >= 0.3 is 0 Å². The molecule has 1 saturated carbocycles. The van der Waals surface area contributed by atoms with E-state index in [0.717, 1.165) is 77.3 Å². The fourth-order valence-corrected chi connectivity index (χ4v) is 8.28. The third-order valence-electron chi connectivity index (χ3n) is 11.5. The van der Waals surface area contributed by atoms with Gasteiger partial charge < -0.3 is 19.2 Å². The number of benzene rings is 3. The number of fused-ring (bicyclic) bond motifs is 1. The van der Waals surface area contributed by atoms with E-state index in [9.17, 15) is 19.6 Å². The van der Waals surface area contributed by atoms with Crippen molar-refractivity contribution in [2.75, 3.05) is 29.4 Å². The zero-order chi connectivity index (χ0) is 36.3. The van der Waals surface area contributed by atoms with Crippen LogP contribution >= 0.6 is 0 Å². The molecule has 4 aromatic rings. The fraction of sp³-hybridized carbons (Fsp3) is 0.390. The number of amides is 3. The first kappa shape index (κ1) is 33.6. The van der Waals surface area contributed by atoms with Crippen LogP contribution in [-0.2, 0) is 21.5 Å². The highest BCUT2D eigenvalue weighted by Gasteiger charge is 2.45. The van der Waals surface area contributed by atoms with Crippen LogP contribution in [0.15, 0.2) is 59.1 Å². The molecule has 4 heterocycles. The molecule has 0 spiro atoms. The van der Waals surface area contributed by atoms with Crippen molar-refractivity contribution in [1.82, 2.24) is 15.4 Å². The van der Waals surface area contributed by atoms with Gasteiger partial charge in [-0.2, -0.15) is 5.26 Å². The first-order valence-electron chi connectivity index (χ1n) is 18.1. The molecule has 1 atom stereocenters. The van der Waals surface area contributed by atoms with Crippen molar-refractivity contribution in [2.24, 2.45) is 5.92 Å². The van der Waals surface area contributed by atoms with Crippen molar-refractivity contribution in [3.63, 3.8) is 0 Å². The molecule has 1 aliphatic carbocycles. The van der Waals surface area contributed by atoms with Crippen LogP contribution in [0, 0.1) is 43.8 Å². The number of aromatic nitrogens is 1. The first-order valence-corrected chi connectivity index (χ1v) is 18.1. The molecule has 1 N–H and O–H groups in total. The van der Waals surface area contributed by atoms with Gasteiger partial charge in [-0.25, -0.2) is 4.39 Å². The Morgan fingerprint density at radius 2 is 1.77 bits per heavy atom. The number of imide groups is 1. The summed E-state index contributed by atoms with van der Waals surface area (Å²) in [5.41, 5.74) is 8.18. The van der Waals surface area contributed by atoms with Gasteiger partial charge in [0.15, 0.2) is 0 Å². The van der Waals surface area contributed by atoms with E-state index in [1.165, 1.54) is 11.0 Å². The predicted molar refractivity (Wildman–Crippen MR) is 194 cm³/mol. The van der Waals surface area contributed by atoms with Gasteiger partial charge in [0.2, 0.25) is 11.8 Å². The molecule has 1 unspecified atom stereocenters. The number of carbonyl (C=O) groups excluding carboxylic acids is 3. The molecule has 0 bridgehead atoms. The number of nitriles is 1. The second-order valence-electron chi connectivity index (χ2n) is 14.8. The van der Waals surface area contributed by atoms with Crippen molar-refractivity contribution in [3.8, 4) is 17.2 Å². The Bertz CT molecular complexity index is 2120. The molecule has 3 amide bonds. The Labute approximate surface area is 302 Å². The highest BCUT2D eigenvalue weighted by atomic mass is 19.1. The number of rotatable bonds is 8. The average Bonchev–Trinajstić information content (AvgIpc) is 3.79. The van der Waals surface area contributed by atoms with E-state index in [2.05, 4.69) is 70.8 Å². The Hall–Kier alpha value is -5.50. The minimum absolute atomic E-state index is 0.144. The number of carbonyl (C=O) groups is 3. The van der Waals surface area contributed by atoms with E-state index in [1.54, 1.807) is 6.07 Å². The van der Waals surface area contributed by atoms with Gasteiger partial charge in [-0.05, 0) is 111 Å². The number of nitrogens with one attached hydrogen (secondary N) is 1. The second-order valence-corrected chi connectivity index (χ2v) is 14.8. The topological polar surface area (TPSA) is 123 Å². The van der Waals surface area contributed by atoms with Crippen LogP contribution in [0.3, 0.4) is 0 Å². The molecule has 2 saturated heterocycles. The van der Waals surface area contributed by atoms with E-state index >= 15 is 4.39 Å². The number of halogens is 1. The highest BCUT2D eigenvalue weighted by Crippen LogP contribution is 2.48. The van der Waals surface area contributed by atoms with Crippen molar-refractivity contribution >= 4 is 34.8 Å². The maximum absolute atomic E-state index is 15.7. The molecular formula is C41H41FN6O4. The number of hydrogen-bond acceptors (Lipinski definition) is 8. The SMILES string of the molecule is Cc1ccc(-c2c(C)noc2C)cc1N(CC1CCN(c2cc3c(cc2F)CN(C2CCC(=O)NC2=O)C3=O)CC1)c1ccc(C2(C#N)CC2)cc1. The summed E-state index contributed by atoms with van der Waals surface area (Å²) in [6.45, 7) is 8.13. The van der Waals surface area contributed by atoms with E-state index in [0.29, 0.717) is 35.8 Å². The largest absolute Gasteiger partial charge is 0.369 e. The molecule has 10 nitrogen and oxygen atoms in total. The van der Waals surface area contributed by atoms with Crippen molar-refractivity contribution in [3.05, 3.63) is 94.1 Å². The standard InChI is InChI=1S/C41H41FN6O4/c1-24-4-5-28(38-25(2)45-52-26(38)3)19-35(24)47(31-8-6-30(7-9-31)41(23-43)14-15-41)21-27-12-16-46(17-13-27)36-20-32-29(18-33(36)42)22-48(40(32)51)34-10-11-37(49)44-39(34)50/h4-9,18-20,27,34H,10-17,21-22H2,1-3H3,(H,44,49,50). The summed E-state index contributed by atoms with van der Waals surface area (Å²) < 4.78 is 21.2. The second kappa shape index (κ2) is 12.9. The van der Waals surface area contributed by atoms with Gasteiger partial charge in [-0.3, -0.25) is 19.7 Å². The number of piperidine rings is 2. The van der Waals surface area contributed by atoms with Gasteiger partial charge in [0, 0.05) is 55.1 Å². The summed E-state index contributed by atoms with van der Waals surface area (Å²) in [4.78, 5) is 43.5. The van der Waals surface area contributed by atoms with Crippen molar-refractivity contribution in [2.45, 2.75) is 77.3 Å². The molecule has 3 aliphatic heterocycles. The minimum Gasteiger partial charge on any atom is -0.369 e. The smallest absolute Gasteiger partial charge is 0.255 e. The summed E-state index contributed by atoms with van der Waals surface area (Å²) >= 11 is 0. The lowest BCUT2D eigenvalue weighted by molar-refractivity contribution is -0.136. The summed E-state index contributed by atoms with van der Waals surface area (Å²) in [6.07, 6.45) is 3.85. The molecule has 1 aromatic heterocycles. The highest BCUT2D eigenvalue weighted by molar-refractivity contribution is 6.05. The predicted octanol–water partition coefficient (Wildman–Crippen LogP) is 6.78.